The van der Waals surface area contributed by atoms with Crippen LogP contribution in [0.4, 0.5) is 4.79 Å². The van der Waals surface area contributed by atoms with E-state index in [0.717, 1.165) is 24.8 Å². The third-order valence-corrected chi connectivity index (χ3v) is 4.88. The molecule has 1 amide bonds. The summed E-state index contributed by atoms with van der Waals surface area (Å²) >= 11 is 0. The van der Waals surface area contributed by atoms with Gasteiger partial charge >= 0.3 is 6.09 Å². The normalized spacial score (nSPS) is 16.4. The smallest absolute Gasteiger partial charge is 0.407 e. The summed E-state index contributed by atoms with van der Waals surface area (Å²) in [4.78, 5) is 15.6. The molecule has 1 aliphatic rings. The Morgan fingerprint density at radius 2 is 2.08 bits per heavy atom. The summed E-state index contributed by atoms with van der Waals surface area (Å²) in [5.74, 6) is 0. The average molecular weight is 334 g/mol. The Morgan fingerprint density at radius 3 is 2.92 bits per heavy atom. The summed E-state index contributed by atoms with van der Waals surface area (Å²) in [6.45, 7) is 2.41. The van der Waals surface area contributed by atoms with Gasteiger partial charge in [0.05, 0.1) is 0 Å². The monoisotopic (exact) mass is 334 g/mol. The molecule has 1 unspecified atom stereocenters. The van der Waals surface area contributed by atoms with Crippen LogP contribution in [-0.4, -0.2) is 17.1 Å². The van der Waals surface area contributed by atoms with Crippen LogP contribution in [-0.2, 0) is 24.2 Å². The lowest BCUT2D eigenvalue weighted by molar-refractivity contribution is 0.134. The van der Waals surface area contributed by atoms with E-state index in [-0.39, 0.29) is 12.1 Å². The first-order valence-corrected chi connectivity index (χ1v) is 8.76. The zero-order valence-electron chi connectivity index (χ0n) is 14.3. The highest BCUT2D eigenvalue weighted by molar-refractivity contribution is 5.85. The highest BCUT2D eigenvalue weighted by Gasteiger charge is 2.24. The van der Waals surface area contributed by atoms with E-state index in [1.54, 1.807) is 0 Å². The number of carbonyl (C=O) groups excluding carboxylic acids is 1. The lowest BCUT2D eigenvalue weighted by atomic mass is 9.91. The molecule has 0 radical (unpaired) electrons. The molecule has 4 nitrogen and oxygen atoms in total. The molecule has 0 fully saturated rings. The van der Waals surface area contributed by atoms with Crippen LogP contribution in [0.3, 0.4) is 0 Å². The van der Waals surface area contributed by atoms with Crippen molar-refractivity contribution in [3.05, 3.63) is 70.9 Å². The summed E-state index contributed by atoms with van der Waals surface area (Å²) < 4.78 is 5.35. The standard InChI is InChI=1S/C21H22N2O2/c1-14-7-9-19-17(11-14)18-12-16(8-10-20(18)23-19)22-21(24)25-13-15-5-3-2-4-6-15/h2-7,9,11,16,23H,8,10,12-13H2,1H3,(H,22,24). The number of hydrogen-bond acceptors (Lipinski definition) is 2. The van der Waals surface area contributed by atoms with E-state index in [0.29, 0.717) is 6.61 Å². The molecule has 1 aromatic heterocycles. The van der Waals surface area contributed by atoms with Gasteiger partial charge in [0.2, 0.25) is 0 Å². The van der Waals surface area contributed by atoms with Crippen molar-refractivity contribution in [3.8, 4) is 0 Å². The zero-order valence-corrected chi connectivity index (χ0v) is 14.3. The second-order valence-corrected chi connectivity index (χ2v) is 6.78. The second-order valence-electron chi connectivity index (χ2n) is 6.78. The SMILES string of the molecule is Cc1ccc2[nH]c3c(c2c1)CC(NC(=O)OCc1ccccc1)CC3. The minimum absolute atomic E-state index is 0.121. The Kier molecular flexibility index (Phi) is 4.18. The summed E-state index contributed by atoms with van der Waals surface area (Å²) in [7, 11) is 0. The van der Waals surface area contributed by atoms with Crippen LogP contribution >= 0.6 is 0 Å². The minimum Gasteiger partial charge on any atom is -0.445 e. The van der Waals surface area contributed by atoms with Crippen LogP contribution in [0.25, 0.3) is 10.9 Å². The summed E-state index contributed by atoms with van der Waals surface area (Å²) in [6.07, 6.45) is 2.39. The van der Waals surface area contributed by atoms with Crippen LogP contribution in [0.1, 0.15) is 28.8 Å². The number of aromatic nitrogens is 1. The number of H-pyrrole nitrogens is 1. The lowest BCUT2D eigenvalue weighted by Gasteiger charge is -2.23. The second kappa shape index (κ2) is 6.63. The van der Waals surface area contributed by atoms with Gasteiger partial charge in [0.1, 0.15) is 6.61 Å². The maximum atomic E-state index is 12.1. The molecule has 0 aliphatic heterocycles. The topological polar surface area (TPSA) is 54.1 Å². The van der Waals surface area contributed by atoms with Crippen molar-refractivity contribution in [2.24, 2.45) is 0 Å². The quantitative estimate of drug-likeness (QED) is 0.752. The van der Waals surface area contributed by atoms with Crippen LogP contribution in [0.15, 0.2) is 48.5 Å². The van der Waals surface area contributed by atoms with Gasteiger partial charge in [0.15, 0.2) is 0 Å². The highest BCUT2D eigenvalue weighted by atomic mass is 16.5. The van der Waals surface area contributed by atoms with Crippen LogP contribution in [0.5, 0.6) is 0 Å². The van der Waals surface area contributed by atoms with Gasteiger partial charge in [0, 0.05) is 22.6 Å². The zero-order chi connectivity index (χ0) is 17.2. The Bertz CT molecular complexity index is 899. The maximum absolute atomic E-state index is 12.1. The number of ether oxygens (including phenoxy) is 1. The molecule has 25 heavy (non-hydrogen) atoms. The fourth-order valence-corrected chi connectivity index (χ4v) is 3.59. The Balaban J connectivity index is 1.41. The molecule has 128 valence electrons. The maximum Gasteiger partial charge on any atom is 0.407 e. The van der Waals surface area contributed by atoms with Crippen molar-refractivity contribution in [2.75, 3.05) is 0 Å². The molecule has 0 saturated carbocycles. The molecule has 0 bridgehead atoms. The van der Waals surface area contributed by atoms with E-state index in [2.05, 4.69) is 35.4 Å². The van der Waals surface area contributed by atoms with E-state index >= 15 is 0 Å². The van der Waals surface area contributed by atoms with Gasteiger partial charge in [-0.25, -0.2) is 4.79 Å². The number of rotatable bonds is 3. The number of nitrogens with one attached hydrogen (secondary N) is 2. The van der Waals surface area contributed by atoms with E-state index in [1.165, 1.54) is 27.7 Å². The van der Waals surface area contributed by atoms with E-state index in [4.69, 9.17) is 4.74 Å². The van der Waals surface area contributed by atoms with Crippen LogP contribution in [0.2, 0.25) is 0 Å². The Hall–Kier alpha value is -2.75. The van der Waals surface area contributed by atoms with Crippen LogP contribution in [0, 0.1) is 6.92 Å². The first-order valence-electron chi connectivity index (χ1n) is 8.76. The Morgan fingerprint density at radius 1 is 1.24 bits per heavy atom. The molecule has 0 spiro atoms. The van der Waals surface area contributed by atoms with Gasteiger partial charge in [-0.3, -0.25) is 0 Å². The number of hydrogen-bond donors (Lipinski definition) is 2. The number of carbonyl (C=O) groups is 1. The molecule has 4 heteroatoms. The van der Waals surface area contributed by atoms with Gasteiger partial charge in [-0.1, -0.05) is 42.0 Å². The molecule has 0 saturated heterocycles. The predicted octanol–water partition coefficient (Wildman–Crippen LogP) is 4.26. The third kappa shape index (κ3) is 3.38. The molecule has 1 atom stereocenters. The van der Waals surface area contributed by atoms with Crippen molar-refractivity contribution in [2.45, 2.75) is 38.8 Å². The highest BCUT2D eigenvalue weighted by Crippen LogP contribution is 2.29. The summed E-state index contributed by atoms with van der Waals surface area (Å²) in [5, 5.41) is 4.30. The molecular formula is C21H22N2O2. The molecule has 2 N–H and O–H groups in total. The van der Waals surface area contributed by atoms with Crippen molar-refractivity contribution < 1.29 is 9.53 Å². The van der Waals surface area contributed by atoms with Gasteiger partial charge < -0.3 is 15.0 Å². The van der Waals surface area contributed by atoms with Crippen molar-refractivity contribution in [1.82, 2.24) is 10.3 Å². The lowest BCUT2D eigenvalue weighted by Crippen LogP contribution is -2.39. The number of benzene rings is 2. The molecule has 4 rings (SSSR count). The summed E-state index contributed by atoms with van der Waals surface area (Å²) in [5.41, 5.74) is 6.07. The predicted molar refractivity (Wildman–Crippen MR) is 98.6 cm³/mol. The van der Waals surface area contributed by atoms with Crippen molar-refractivity contribution in [3.63, 3.8) is 0 Å². The van der Waals surface area contributed by atoms with Crippen molar-refractivity contribution >= 4 is 17.0 Å². The average Bonchev–Trinajstić information content (AvgIpc) is 2.98. The molecule has 3 aromatic rings. The number of aromatic amines is 1. The Labute approximate surface area is 147 Å². The van der Waals surface area contributed by atoms with Crippen LogP contribution < -0.4 is 5.32 Å². The van der Waals surface area contributed by atoms with Gasteiger partial charge in [-0.05, 0) is 49.4 Å². The van der Waals surface area contributed by atoms with Gasteiger partial charge in [-0.2, -0.15) is 0 Å². The van der Waals surface area contributed by atoms with E-state index in [9.17, 15) is 4.79 Å². The fraction of sp³-hybridized carbons (Fsp3) is 0.286. The minimum atomic E-state index is -0.340. The molecular weight excluding hydrogens is 312 g/mol. The first-order chi connectivity index (χ1) is 12.2. The third-order valence-electron chi connectivity index (χ3n) is 4.88. The molecule has 1 heterocycles. The number of alkyl carbamates (subject to hydrolysis) is 1. The van der Waals surface area contributed by atoms with Gasteiger partial charge in [-0.15, -0.1) is 0 Å². The van der Waals surface area contributed by atoms with Crippen molar-refractivity contribution in [1.29, 1.82) is 0 Å². The number of fused-ring (bicyclic) bond motifs is 3. The molecule has 1 aliphatic carbocycles. The summed E-state index contributed by atoms with van der Waals surface area (Å²) in [6, 6.07) is 16.3. The first kappa shape index (κ1) is 15.8. The van der Waals surface area contributed by atoms with Gasteiger partial charge in [0.25, 0.3) is 0 Å². The van der Waals surface area contributed by atoms with E-state index in [1.807, 2.05) is 30.3 Å². The number of amides is 1. The largest absolute Gasteiger partial charge is 0.445 e. The number of aryl methyl sites for hydroxylation is 2. The van der Waals surface area contributed by atoms with E-state index < -0.39 is 0 Å². The molecule has 2 aromatic carbocycles. The fourth-order valence-electron chi connectivity index (χ4n) is 3.59.